The van der Waals surface area contributed by atoms with Crippen LogP contribution >= 0.6 is 0 Å². The van der Waals surface area contributed by atoms with Gasteiger partial charge in [-0.3, -0.25) is 14.3 Å². The molecule has 4 atom stereocenters. The van der Waals surface area contributed by atoms with Crippen LogP contribution in [0.1, 0.15) is 55.5 Å². The highest BCUT2D eigenvalue weighted by atomic mass is 16.6. The third-order valence-corrected chi connectivity index (χ3v) is 6.18. The standard InChI is InChI=1S/C22H28N2O6/c1-2-3-4-5-7-14-8-6-9-15-13-29-22(18(14)15)16(12-25)30-20(19(22)27)24-11-10-17(26)23-21(24)28/h6,8-11,16,19-20,25,27H,2-5,7,12-13H2,1H3,(H,23,26,28)/t16-,19+,20-,22+/m1/s1. The van der Waals surface area contributed by atoms with Gasteiger partial charge in [0.05, 0.1) is 13.2 Å². The molecule has 1 aromatic carbocycles. The molecule has 0 saturated carbocycles. The van der Waals surface area contributed by atoms with Crippen LogP contribution in [-0.2, 0) is 28.1 Å². The zero-order valence-electron chi connectivity index (χ0n) is 17.0. The molecule has 0 bridgehead atoms. The predicted octanol–water partition coefficient (Wildman–Crippen LogP) is 1.34. The van der Waals surface area contributed by atoms with E-state index in [1.165, 1.54) is 18.7 Å². The lowest BCUT2D eigenvalue weighted by molar-refractivity contribution is -0.135. The Hall–Kier alpha value is -2.26. The summed E-state index contributed by atoms with van der Waals surface area (Å²) in [5.74, 6) is 0. The number of rotatable bonds is 7. The molecular weight excluding hydrogens is 388 g/mol. The number of H-pyrrole nitrogens is 1. The molecule has 4 rings (SSSR count). The fourth-order valence-corrected chi connectivity index (χ4v) is 4.75. The van der Waals surface area contributed by atoms with E-state index in [1.807, 2.05) is 18.2 Å². The number of aromatic amines is 1. The van der Waals surface area contributed by atoms with Gasteiger partial charge >= 0.3 is 5.69 Å². The maximum absolute atomic E-state index is 12.3. The summed E-state index contributed by atoms with van der Waals surface area (Å²) >= 11 is 0. The highest BCUT2D eigenvalue weighted by Crippen LogP contribution is 2.52. The predicted molar refractivity (Wildman–Crippen MR) is 109 cm³/mol. The number of hydrogen-bond donors (Lipinski definition) is 3. The second-order valence-corrected chi connectivity index (χ2v) is 8.00. The van der Waals surface area contributed by atoms with Gasteiger partial charge in [-0.1, -0.05) is 44.4 Å². The number of fused-ring (bicyclic) bond motifs is 2. The van der Waals surface area contributed by atoms with Gasteiger partial charge in [0.1, 0.15) is 12.2 Å². The van der Waals surface area contributed by atoms with Crippen LogP contribution in [0.25, 0.3) is 0 Å². The van der Waals surface area contributed by atoms with Crippen LogP contribution in [0.2, 0.25) is 0 Å². The summed E-state index contributed by atoms with van der Waals surface area (Å²) in [7, 11) is 0. The maximum atomic E-state index is 12.3. The first kappa shape index (κ1) is 21.0. The smallest absolute Gasteiger partial charge is 0.330 e. The van der Waals surface area contributed by atoms with Crippen LogP contribution in [0.4, 0.5) is 0 Å². The van der Waals surface area contributed by atoms with Crippen molar-refractivity contribution in [2.45, 2.75) is 69.7 Å². The van der Waals surface area contributed by atoms with Gasteiger partial charge in [0.2, 0.25) is 0 Å². The SMILES string of the molecule is CCCCCCc1cccc2c1[C@@]1(OC2)[C@@H](CO)O[C@@H](n2ccc(=O)[nH]c2=O)[C@@H]1O. The molecule has 2 aromatic rings. The number of aryl methyl sites for hydroxylation is 1. The number of ether oxygens (including phenoxy) is 2. The normalized spacial score (nSPS) is 27.6. The molecule has 0 amide bonds. The summed E-state index contributed by atoms with van der Waals surface area (Å²) in [6.45, 7) is 2.08. The molecule has 0 unspecified atom stereocenters. The lowest BCUT2D eigenvalue weighted by Gasteiger charge is -2.33. The molecule has 2 aliphatic heterocycles. The molecule has 2 aliphatic rings. The Morgan fingerprint density at radius 1 is 1.23 bits per heavy atom. The topological polar surface area (TPSA) is 114 Å². The second-order valence-electron chi connectivity index (χ2n) is 8.00. The van der Waals surface area contributed by atoms with Gasteiger partial charge < -0.3 is 19.7 Å². The summed E-state index contributed by atoms with van der Waals surface area (Å²) in [4.78, 5) is 25.9. The Kier molecular flexibility index (Phi) is 5.92. The van der Waals surface area contributed by atoms with Crippen LogP contribution in [0.5, 0.6) is 0 Å². The fourth-order valence-electron chi connectivity index (χ4n) is 4.75. The molecule has 30 heavy (non-hydrogen) atoms. The van der Waals surface area contributed by atoms with E-state index in [9.17, 15) is 19.8 Å². The lowest BCUT2D eigenvalue weighted by Crippen LogP contribution is -2.47. The van der Waals surface area contributed by atoms with Gasteiger partial charge in [0, 0.05) is 12.3 Å². The molecule has 8 nitrogen and oxygen atoms in total. The van der Waals surface area contributed by atoms with E-state index >= 15 is 0 Å². The molecule has 0 radical (unpaired) electrons. The molecule has 3 heterocycles. The van der Waals surface area contributed by atoms with Gasteiger partial charge in [-0.25, -0.2) is 4.79 Å². The Bertz CT molecular complexity index is 1020. The number of benzene rings is 1. The Morgan fingerprint density at radius 2 is 2.07 bits per heavy atom. The summed E-state index contributed by atoms with van der Waals surface area (Å²) in [6.07, 6.45) is 3.39. The molecule has 0 aliphatic carbocycles. The van der Waals surface area contributed by atoms with Gasteiger partial charge in [-0.2, -0.15) is 0 Å². The molecule has 3 N–H and O–H groups in total. The number of aliphatic hydroxyl groups excluding tert-OH is 2. The molecule has 1 spiro atoms. The highest BCUT2D eigenvalue weighted by Gasteiger charge is 2.62. The first-order valence-corrected chi connectivity index (χ1v) is 10.5. The van der Waals surface area contributed by atoms with Crippen molar-refractivity contribution in [1.82, 2.24) is 9.55 Å². The number of nitrogens with zero attached hydrogens (tertiary/aromatic N) is 1. The van der Waals surface area contributed by atoms with Crippen LogP contribution < -0.4 is 11.2 Å². The number of aliphatic hydroxyl groups is 2. The van der Waals surface area contributed by atoms with E-state index in [1.54, 1.807) is 0 Å². The van der Waals surface area contributed by atoms with E-state index in [0.717, 1.165) is 46.9 Å². The number of nitrogens with one attached hydrogen (secondary N) is 1. The molecule has 162 valence electrons. The number of hydrogen-bond acceptors (Lipinski definition) is 6. The average Bonchev–Trinajstić information content (AvgIpc) is 3.26. The quantitative estimate of drug-likeness (QED) is 0.587. The molecular formula is C22H28N2O6. The average molecular weight is 416 g/mol. The Balaban J connectivity index is 1.74. The molecule has 1 fully saturated rings. The third kappa shape index (κ3) is 3.33. The lowest BCUT2D eigenvalue weighted by atomic mass is 9.80. The zero-order valence-corrected chi connectivity index (χ0v) is 17.0. The zero-order chi connectivity index (χ0) is 21.3. The van der Waals surface area contributed by atoms with Gasteiger partial charge in [0.15, 0.2) is 11.8 Å². The molecule has 8 heteroatoms. The monoisotopic (exact) mass is 416 g/mol. The first-order valence-electron chi connectivity index (χ1n) is 10.5. The van der Waals surface area contributed by atoms with E-state index in [-0.39, 0.29) is 6.61 Å². The molecule has 1 saturated heterocycles. The van der Waals surface area contributed by atoms with Crippen molar-refractivity contribution in [2.24, 2.45) is 0 Å². The minimum Gasteiger partial charge on any atom is -0.394 e. The minimum atomic E-state index is -1.27. The Morgan fingerprint density at radius 3 is 2.80 bits per heavy atom. The van der Waals surface area contributed by atoms with E-state index in [2.05, 4.69) is 11.9 Å². The number of unbranched alkanes of at least 4 members (excludes halogenated alkanes) is 3. The number of aromatic nitrogens is 2. The molecule has 1 aromatic heterocycles. The maximum Gasteiger partial charge on any atom is 0.330 e. The third-order valence-electron chi connectivity index (χ3n) is 6.18. The minimum absolute atomic E-state index is 0.294. The van der Waals surface area contributed by atoms with Crippen molar-refractivity contribution in [3.63, 3.8) is 0 Å². The van der Waals surface area contributed by atoms with Crippen LogP contribution in [0.3, 0.4) is 0 Å². The summed E-state index contributed by atoms with van der Waals surface area (Å²) in [5, 5.41) is 21.4. The van der Waals surface area contributed by atoms with Crippen LogP contribution in [0.15, 0.2) is 40.1 Å². The summed E-state index contributed by atoms with van der Waals surface area (Å²) < 4.78 is 13.2. The van der Waals surface area contributed by atoms with Crippen LogP contribution in [0, 0.1) is 0 Å². The van der Waals surface area contributed by atoms with Crippen LogP contribution in [-0.4, -0.2) is 38.6 Å². The van der Waals surface area contributed by atoms with Gasteiger partial charge in [0.25, 0.3) is 5.56 Å². The summed E-state index contributed by atoms with van der Waals surface area (Å²) in [5.41, 5.74) is 0.384. The van der Waals surface area contributed by atoms with Crippen molar-refractivity contribution in [3.05, 3.63) is 68.0 Å². The first-order chi connectivity index (χ1) is 14.5. The van der Waals surface area contributed by atoms with Crippen molar-refractivity contribution in [1.29, 1.82) is 0 Å². The van der Waals surface area contributed by atoms with E-state index < -0.39 is 35.3 Å². The largest absolute Gasteiger partial charge is 0.394 e. The van der Waals surface area contributed by atoms with Crippen molar-refractivity contribution >= 4 is 0 Å². The van der Waals surface area contributed by atoms with Crippen molar-refractivity contribution in [3.8, 4) is 0 Å². The van der Waals surface area contributed by atoms with Gasteiger partial charge in [-0.05, 0) is 29.5 Å². The summed E-state index contributed by atoms with van der Waals surface area (Å²) in [6, 6.07) is 7.16. The van der Waals surface area contributed by atoms with E-state index in [4.69, 9.17) is 9.47 Å². The second kappa shape index (κ2) is 8.47. The van der Waals surface area contributed by atoms with Gasteiger partial charge in [-0.15, -0.1) is 0 Å². The Labute approximate surface area is 174 Å². The van der Waals surface area contributed by atoms with E-state index in [0.29, 0.717) is 6.61 Å². The fraction of sp³-hybridized carbons (Fsp3) is 0.545. The van der Waals surface area contributed by atoms with Crippen molar-refractivity contribution < 1.29 is 19.7 Å². The van der Waals surface area contributed by atoms with Crippen molar-refractivity contribution in [2.75, 3.05) is 6.61 Å². The highest BCUT2D eigenvalue weighted by molar-refractivity contribution is 5.45.